The number of hydrogen-bond acceptors (Lipinski definition) is 2. The quantitative estimate of drug-likeness (QED) is 0.572. The second-order valence-electron chi connectivity index (χ2n) is 3.32. The van der Waals surface area contributed by atoms with Crippen LogP contribution in [0.1, 0.15) is 40.5 Å². The minimum atomic E-state index is -0.456. The number of hydrogen-bond donors (Lipinski definition) is 0. The van der Waals surface area contributed by atoms with E-state index in [-0.39, 0.29) is 0 Å². The lowest BCUT2D eigenvalue weighted by molar-refractivity contribution is -0.104. The first-order chi connectivity index (χ1) is 6.17. The van der Waals surface area contributed by atoms with Crippen LogP contribution in [0.3, 0.4) is 0 Å². The molecule has 1 heterocycles. The molecule has 2 nitrogen and oxygen atoms in total. The van der Waals surface area contributed by atoms with Crippen LogP contribution in [0.4, 0.5) is 0 Å². The molecule has 0 aromatic carbocycles. The third-order valence-corrected chi connectivity index (χ3v) is 1.78. The Morgan fingerprint density at radius 3 is 1.77 bits per heavy atom. The summed E-state index contributed by atoms with van der Waals surface area (Å²) in [5.41, 5.74) is 0. The van der Waals surface area contributed by atoms with Gasteiger partial charge in [0.05, 0.1) is 0 Å². The highest BCUT2D eigenvalue weighted by atomic mass is 16.7. The van der Waals surface area contributed by atoms with Gasteiger partial charge in [0.2, 0.25) is 5.79 Å². The highest BCUT2D eigenvalue weighted by Crippen LogP contribution is 2.36. The summed E-state index contributed by atoms with van der Waals surface area (Å²) in [6, 6.07) is 0. The van der Waals surface area contributed by atoms with Crippen LogP contribution in [0.5, 0.6) is 0 Å². The minimum Gasteiger partial charge on any atom is -0.449 e. The molecule has 1 aliphatic carbocycles. The standard InChI is InChI=1S/C9H12O2.C2H6/c1-9(2)10-7-5-3-4-6-8(7)11-9;1-2/h5-6H,3-4H2,1-2H3;1-2H3. The van der Waals surface area contributed by atoms with Crippen molar-refractivity contribution in [1.29, 1.82) is 0 Å². The molecule has 0 aromatic heterocycles. The van der Waals surface area contributed by atoms with Gasteiger partial charge in [-0.05, 0) is 25.0 Å². The molecule has 2 rings (SSSR count). The molecule has 0 spiro atoms. The van der Waals surface area contributed by atoms with Crippen LogP contribution >= 0.6 is 0 Å². The average Bonchev–Trinajstić information content (AvgIpc) is 2.41. The van der Waals surface area contributed by atoms with Crippen molar-refractivity contribution >= 4 is 0 Å². The van der Waals surface area contributed by atoms with Crippen LogP contribution in [0.15, 0.2) is 23.7 Å². The van der Waals surface area contributed by atoms with Crippen molar-refractivity contribution in [1.82, 2.24) is 0 Å². The lowest BCUT2D eigenvalue weighted by Gasteiger charge is -2.14. The van der Waals surface area contributed by atoms with Gasteiger partial charge >= 0.3 is 0 Å². The van der Waals surface area contributed by atoms with Crippen LogP contribution < -0.4 is 0 Å². The van der Waals surface area contributed by atoms with E-state index in [1.165, 1.54) is 0 Å². The first kappa shape index (κ1) is 10.2. The second kappa shape index (κ2) is 3.86. The van der Waals surface area contributed by atoms with Gasteiger partial charge < -0.3 is 9.47 Å². The molecule has 0 radical (unpaired) electrons. The maximum Gasteiger partial charge on any atom is 0.246 e. The molecule has 2 aliphatic rings. The summed E-state index contributed by atoms with van der Waals surface area (Å²) in [4.78, 5) is 0. The number of fused-ring (bicyclic) bond motifs is 1. The third-order valence-electron chi connectivity index (χ3n) is 1.78. The highest BCUT2D eigenvalue weighted by Gasteiger charge is 2.34. The van der Waals surface area contributed by atoms with Crippen molar-refractivity contribution in [2.75, 3.05) is 0 Å². The molecule has 1 aliphatic heterocycles. The van der Waals surface area contributed by atoms with Gasteiger partial charge in [-0.25, -0.2) is 0 Å². The van der Waals surface area contributed by atoms with E-state index in [4.69, 9.17) is 9.47 Å². The summed E-state index contributed by atoms with van der Waals surface area (Å²) in [7, 11) is 0. The zero-order valence-electron chi connectivity index (χ0n) is 8.89. The first-order valence-corrected chi connectivity index (χ1v) is 4.96. The van der Waals surface area contributed by atoms with Gasteiger partial charge in [-0.15, -0.1) is 0 Å². The molecule has 1 saturated heterocycles. The summed E-state index contributed by atoms with van der Waals surface area (Å²) >= 11 is 0. The van der Waals surface area contributed by atoms with Crippen LogP contribution in [0, 0.1) is 0 Å². The third kappa shape index (κ3) is 2.27. The molecule has 1 fully saturated rings. The van der Waals surface area contributed by atoms with E-state index >= 15 is 0 Å². The summed E-state index contributed by atoms with van der Waals surface area (Å²) < 4.78 is 11.0. The molecule has 0 unspecified atom stereocenters. The normalized spacial score (nSPS) is 22.5. The van der Waals surface area contributed by atoms with Crippen LogP contribution in [0.25, 0.3) is 0 Å². The second-order valence-corrected chi connectivity index (χ2v) is 3.32. The zero-order valence-corrected chi connectivity index (χ0v) is 8.89. The fraction of sp³-hybridized carbons (Fsp3) is 0.636. The predicted octanol–water partition coefficient (Wildman–Crippen LogP) is 3.36. The summed E-state index contributed by atoms with van der Waals surface area (Å²) in [5.74, 6) is 1.38. The van der Waals surface area contributed by atoms with Crippen molar-refractivity contribution < 1.29 is 9.47 Å². The first-order valence-electron chi connectivity index (χ1n) is 4.96. The number of rotatable bonds is 0. The van der Waals surface area contributed by atoms with E-state index < -0.39 is 5.79 Å². The highest BCUT2D eigenvalue weighted by molar-refractivity contribution is 5.27. The van der Waals surface area contributed by atoms with Gasteiger partial charge in [0.1, 0.15) is 0 Å². The van der Waals surface area contributed by atoms with Gasteiger partial charge in [0.25, 0.3) is 0 Å². The summed E-state index contributed by atoms with van der Waals surface area (Å²) in [6.07, 6.45) is 6.31. The lowest BCUT2D eigenvalue weighted by atomic mass is 10.1. The molecule has 0 amide bonds. The van der Waals surface area contributed by atoms with E-state index in [1.54, 1.807) is 0 Å². The number of allylic oxidation sites excluding steroid dienone is 2. The Kier molecular flexibility index (Phi) is 3.02. The summed E-state index contributed by atoms with van der Waals surface area (Å²) in [5, 5.41) is 0. The van der Waals surface area contributed by atoms with Crippen molar-refractivity contribution in [2.45, 2.75) is 46.3 Å². The van der Waals surface area contributed by atoms with Crippen LogP contribution in [-0.2, 0) is 9.47 Å². The van der Waals surface area contributed by atoms with Gasteiger partial charge in [-0.2, -0.15) is 0 Å². The van der Waals surface area contributed by atoms with E-state index in [1.807, 2.05) is 27.7 Å². The molecule has 0 saturated carbocycles. The molecular formula is C11H18O2. The van der Waals surface area contributed by atoms with Gasteiger partial charge in [-0.3, -0.25) is 0 Å². The van der Waals surface area contributed by atoms with Gasteiger partial charge in [-0.1, -0.05) is 13.8 Å². The molecule has 0 N–H and O–H groups in total. The van der Waals surface area contributed by atoms with Crippen LogP contribution in [0.2, 0.25) is 0 Å². The predicted molar refractivity (Wildman–Crippen MR) is 53.0 cm³/mol. The van der Waals surface area contributed by atoms with Crippen molar-refractivity contribution in [3.05, 3.63) is 23.7 Å². The molecule has 13 heavy (non-hydrogen) atoms. The summed E-state index contributed by atoms with van der Waals surface area (Å²) in [6.45, 7) is 7.85. The fourth-order valence-electron chi connectivity index (χ4n) is 1.36. The SMILES string of the molecule is CC.CC1(C)OC2=CCCC=C2O1. The maximum absolute atomic E-state index is 5.52. The monoisotopic (exact) mass is 182 g/mol. The lowest BCUT2D eigenvalue weighted by Crippen LogP contribution is -2.18. The van der Waals surface area contributed by atoms with Crippen LogP contribution in [-0.4, -0.2) is 5.79 Å². The molecule has 0 aromatic rings. The molecular weight excluding hydrogens is 164 g/mol. The fourth-order valence-corrected chi connectivity index (χ4v) is 1.36. The Labute approximate surface area is 80.2 Å². The Bertz CT molecular complexity index is 212. The number of ether oxygens (including phenoxy) is 2. The Hall–Kier alpha value is -0.920. The average molecular weight is 182 g/mol. The van der Waals surface area contributed by atoms with Crippen molar-refractivity contribution in [3.8, 4) is 0 Å². The Morgan fingerprint density at radius 1 is 1.00 bits per heavy atom. The minimum absolute atomic E-state index is 0.456. The van der Waals surface area contributed by atoms with E-state index in [9.17, 15) is 0 Å². The topological polar surface area (TPSA) is 18.5 Å². The smallest absolute Gasteiger partial charge is 0.246 e. The van der Waals surface area contributed by atoms with Crippen molar-refractivity contribution in [2.24, 2.45) is 0 Å². The van der Waals surface area contributed by atoms with E-state index in [0.29, 0.717) is 0 Å². The maximum atomic E-state index is 5.52. The Morgan fingerprint density at radius 2 is 1.38 bits per heavy atom. The van der Waals surface area contributed by atoms with Crippen molar-refractivity contribution in [3.63, 3.8) is 0 Å². The van der Waals surface area contributed by atoms with E-state index in [2.05, 4.69) is 12.2 Å². The molecule has 0 atom stereocenters. The Balaban J connectivity index is 0.000000396. The zero-order chi connectivity index (χ0) is 9.90. The molecule has 74 valence electrons. The largest absolute Gasteiger partial charge is 0.449 e. The van der Waals surface area contributed by atoms with Gasteiger partial charge in [0.15, 0.2) is 11.5 Å². The molecule has 2 heteroatoms. The molecule has 0 bridgehead atoms. The van der Waals surface area contributed by atoms with E-state index in [0.717, 1.165) is 24.4 Å². The van der Waals surface area contributed by atoms with Gasteiger partial charge in [0, 0.05) is 13.8 Å².